The first-order chi connectivity index (χ1) is 12.8. The highest BCUT2D eigenvalue weighted by molar-refractivity contribution is 6.18. The van der Waals surface area contributed by atoms with Crippen LogP contribution in [-0.2, 0) is 9.53 Å². The van der Waals surface area contributed by atoms with Crippen LogP contribution in [0.3, 0.4) is 0 Å². The minimum Gasteiger partial charge on any atom is -0.497 e. The Kier molecular flexibility index (Phi) is 4.99. The predicted molar refractivity (Wildman–Crippen MR) is 104 cm³/mol. The van der Waals surface area contributed by atoms with Gasteiger partial charge < -0.3 is 14.8 Å². The van der Waals surface area contributed by atoms with Crippen LogP contribution in [-0.4, -0.2) is 36.8 Å². The number of anilines is 1. The fourth-order valence-corrected chi connectivity index (χ4v) is 2.87. The molecular formula is C21H22N2O4. The number of amides is 1. The Morgan fingerprint density at radius 3 is 2.52 bits per heavy atom. The first kappa shape index (κ1) is 18.6. The van der Waals surface area contributed by atoms with Crippen molar-refractivity contribution >= 4 is 23.3 Å². The number of carbonyl (C=O) groups is 2. The largest absolute Gasteiger partial charge is 0.497 e. The van der Waals surface area contributed by atoms with E-state index in [0.29, 0.717) is 40.6 Å². The van der Waals surface area contributed by atoms with Crippen molar-refractivity contribution < 1.29 is 19.1 Å². The van der Waals surface area contributed by atoms with Gasteiger partial charge in [0.05, 0.1) is 18.3 Å². The number of ether oxygens (including phenoxy) is 2. The van der Waals surface area contributed by atoms with Gasteiger partial charge >= 0.3 is 0 Å². The van der Waals surface area contributed by atoms with E-state index in [4.69, 9.17) is 9.47 Å². The molecular weight excluding hydrogens is 344 g/mol. The van der Waals surface area contributed by atoms with Crippen molar-refractivity contribution in [1.29, 1.82) is 0 Å². The normalized spacial score (nSPS) is 14.9. The Hall–Kier alpha value is -3.15. The van der Waals surface area contributed by atoms with E-state index >= 15 is 0 Å². The maximum absolute atomic E-state index is 13.3. The summed E-state index contributed by atoms with van der Waals surface area (Å²) in [6.07, 6.45) is 0. The van der Waals surface area contributed by atoms with E-state index in [1.165, 1.54) is 6.92 Å². The Balaban J connectivity index is 2.11. The molecule has 0 aromatic heterocycles. The molecule has 2 aromatic rings. The van der Waals surface area contributed by atoms with Gasteiger partial charge in [-0.05, 0) is 44.2 Å². The van der Waals surface area contributed by atoms with Crippen molar-refractivity contribution in [1.82, 2.24) is 0 Å². The third-order valence-corrected chi connectivity index (χ3v) is 4.15. The first-order valence-electron chi connectivity index (χ1n) is 8.63. The van der Waals surface area contributed by atoms with E-state index in [-0.39, 0.29) is 17.2 Å². The van der Waals surface area contributed by atoms with Crippen molar-refractivity contribution in [3.63, 3.8) is 0 Å². The van der Waals surface area contributed by atoms with Gasteiger partial charge in [-0.15, -0.1) is 0 Å². The minimum atomic E-state index is -0.344. The van der Waals surface area contributed by atoms with Gasteiger partial charge in [-0.25, -0.2) is 4.99 Å². The Labute approximate surface area is 158 Å². The molecule has 0 radical (unpaired) electrons. The summed E-state index contributed by atoms with van der Waals surface area (Å²) in [7, 11) is 1.54. The highest BCUT2D eigenvalue weighted by Gasteiger charge is 2.30. The molecule has 0 unspecified atom stereocenters. The predicted octanol–water partition coefficient (Wildman–Crippen LogP) is 3.44. The molecule has 2 aromatic carbocycles. The standard InChI is InChI=1S/C21H22N2O4/c1-13(24)22-18-8-6-5-7-16(18)19(25)17-11-14(26-4)9-10-15(17)20-23-21(2,3)12-27-20/h5-11H,12H2,1-4H3,(H,22,24). The molecule has 0 saturated heterocycles. The first-order valence-corrected chi connectivity index (χ1v) is 8.63. The molecule has 1 heterocycles. The van der Waals surface area contributed by atoms with Crippen molar-refractivity contribution in [3.8, 4) is 5.75 Å². The maximum Gasteiger partial charge on any atom is 0.221 e. The monoisotopic (exact) mass is 366 g/mol. The fourth-order valence-electron chi connectivity index (χ4n) is 2.87. The lowest BCUT2D eigenvalue weighted by molar-refractivity contribution is -0.114. The summed E-state index contributed by atoms with van der Waals surface area (Å²) in [6, 6.07) is 12.1. The number of nitrogens with one attached hydrogen (secondary N) is 1. The Morgan fingerprint density at radius 1 is 1.15 bits per heavy atom. The van der Waals surface area contributed by atoms with Gasteiger partial charge in [0.2, 0.25) is 11.8 Å². The highest BCUT2D eigenvalue weighted by atomic mass is 16.5. The van der Waals surface area contributed by atoms with Crippen molar-refractivity contribution in [2.45, 2.75) is 26.3 Å². The van der Waals surface area contributed by atoms with Crippen LogP contribution in [0, 0.1) is 0 Å². The number of aliphatic imine (C=N–C) groups is 1. The number of nitrogens with zero attached hydrogens (tertiary/aromatic N) is 1. The van der Waals surface area contributed by atoms with E-state index in [1.807, 2.05) is 13.8 Å². The van der Waals surface area contributed by atoms with Crippen LogP contribution in [0.4, 0.5) is 5.69 Å². The summed E-state index contributed by atoms with van der Waals surface area (Å²) >= 11 is 0. The van der Waals surface area contributed by atoms with Crippen LogP contribution in [0.5, 0.6) is 5.75 Å². The molecule has 1 aliphatic heterocycles. The van der Waals surface area contributed by atoms with Gasteiger partial charge in [0, 0.05) is 23.6 Å². The lowest BCUT2D eigenvalue weighted by Gasteiger charge is -2.13. The van der Waals surface area contributed by atoms with E-state index < -0.39 is 0 Å². The number of hydrogen-bond acceptors (Lipinski definition) is 5. The van der Waals surface area contributed by atoms with Crippen LogP contribution >= 0.6 is 0 Å². The smallest absolute Gasteiger partial charge is 0.221 e. The lowest BCUT2D eigenvalue weighted by atomic mass is 9.96. The summed E-state index contributed by atoms with van der Waals surface area (Å²) in [6.45, 7) is 5.79. The number of methoxy groups -OCH3 is 1. The highest BCUT2D eigenvalue weighted by Crippen LogP contribution is 2.28. The number of benzene rings is 2. The number of hydrogen-bond donors (Lipinski definition) is 1. The molecule has 140 valence electrons. The topological polar surface area (TPSA) is 77.0 Å². The van der Waals surface area contributed by atoms with Gasteiger partial charge in [-0.2, -0.15) is 0 Å². The molecule has 0 bridgehead atoms. The second-order valence-electron chi connectivity index (χ2n) is 6.99. The molecule has 0 aliphatic carbocycles. The molecule has 3 rings (SSSR count). The van der Waals surface area contributed by atoms with Crippen LogP contribution in [0.25, 0.3) is 0 Å². The lowest BCUT2D eigenvalue weighted by Crippen LogP contribution is -2.17. The summed E-state index contributed by atoms with van der Waals surface area (Å²) < 4.78 is 11.0. The zero-order valence-electron chi connectivity index (χ0n) is 15.8. The number of ketones is 1. The van der Waals surface area contributed by atoms with Crippen LogP contribution in [0.1, 0.15) is 42.3 Å². The number of rotatable bonds is 5. The fraction of sp³-hybridized carbons (Fsp3) is 0.286. The summed E-state index contributed by atoms with van der Waals surface area (Å²) in [5.74, 6) is 0.496. The Morgan fingerprint density at radius 2 is 1.89 bits per heavy atom. The maximum atomic E-state index is 13.3. The zero-order chi connectivity index (χ0) is 19.6. The number of carbonyl (C=O) groups excluding carboxylic acids is 2. The quantitative estimate of drug-likeness (QED) is 0.823. The number of para-hydroxylation sites is 1. The van der Waals surface area contributed by atoms with Gasteiger partial charge in [0.1, 0.15) is 12.4 Å². The van der Waals surface area contributed by atoms with Crippen molar-refractivity contribution in [2.24, 2.45) is 4.99 Å². The summed E-state index contributed by atoms with van der Waals surface area (Å²) in [5, 5.41) is 2.70. The summed E-state index contributed by atoms with van der Waals surface area (Å²) in [5.41, 5.74) is 1.51. The van der Waals surface area contributed by atoms with Gasteiger partial charge in [0.25, 0.3) is 0 Å². The molecule has 0 saturated carbocycles. The average Bonchev–Trinajstić information content (AvgIpc) is 3.00. The van der Waals surface area contributed by atoms with Gasteiger partial charge in [0.15, 0.2) is 5.78 Å². The van der Waals surface area contributed by atoms with E-state index in [0.717, 1.165) is 0 Å². The molecule has 1 aliphatic rings. The summed E-state index contributed by atoms with van der Waals surface area (Å²) in [4.78, 5) is 29.4. The molecule has 6 nitrogen and oxygen atoms in total. The molecule has 27 heavy (non-hydrogen) atoms. The van der Waals surface area contributed by atoms with E-state index in [2.05, 4.69) is 10.3 Å². The molecule has 0 atom stereocenters. The molecule has 1 N–H and O–H groups in total. The third-order valence-electron chi connectivity index (χ3n) is 4.15. The van der Waals surface area contributed by atoms with Gasteiger partial charge in [-0.3, -0.25) is 9.59 Å². The van der Waals surface area contributed by atoms with Crippen LogP contribution < -0.4 is 10.1 Å². The van der Waals surface area contributed by atoms with Crippen molar-refractivity contribution in [3.05, 3.63) is 59.2 Å². The second-order valence-corrected chi connectivity index (χ2v) is 6.99. The van der Waals surface area contributed by atoms with E-state index in [1.54, 1.807) is 49.6 Å². The Bertz CT molecular complexity index is 932. The molecule has 0 spiro atoms. The molecule has 6 heteroatoms. The third kappa shape index (κ3) is 4.00. The second kappa shape index (κ2) is 7.23. The zero-order valence-corrected chi connectivity index (χ0v) is 15.8. The van der Waals surface area contributed by atoms with Crippen molar-refractivity contribution in [2.75, 3.05) is 19.0 Å². The average molecular weight is 366 g/mol. The van der Waals surface area contributed by atoms with Crippen LogP contribution in [0.15, 0.2) is 47.5 Å². The van der Waals surface area contributed by atoms with Gasteiger partial charge in [-0.1, -0.05) is 12.1 Å². The molecule has 0 fully saturated rings. The molecule has 1 amide bonds. The minimum absolute atomic E-state index is 0.244. The van der Waals surface area contributed by atoms with Crippen LogP contribution in [0.2, 0.25) is 0 Å². The van der Waals surface area contributed by atoms with E-state index in [9.17, 15) is 9.59 Å². The SMILES string of the molecule is COc1ccc(C2=NC(C)(C)CO2)c(C(=O)c2ccccc2NC(C)=O)c1.